The Morgan fingerprint density at radius 1 is 1.00 bits per heavy atom. The number of alkyl carbamates (subject to hydrolysis) is 1. The minimum Gasteiger partial charge on any atom is -0.465 e. The molecular formula is C14H26N2O6. The molecule has 0 aliphatic heterocycles. The van der Waals surface area contributed by atoms with E-state index in [0.717, 1.165) is 0 Å². The number of esters is 2. The lowest BCUT2D eigenvalue weighted by Crippen LogP contribution is -2.55. The Morgan fingerprint density at radius 3 is 1.77 bits per heavy atom. The second-order valence-electron chi connectivity index (χ2n) is 5.58. The average Bonchev–Trinajstić information content (AvgIpc) is 2.38. The summed E-state index contributed by atoms with van der Waals surface area (Å²) in [5, 5.41) is 2.37. The van der Waals surface area contributed by atoms with E-state index in [0.29, 0.717) is 0 Å². The molecule has 0 aliphatic carbocycles. The first-order valence-electron chi connectivity index (χ1n) is 7.14. The van der Waals surface area contributed by atoms with E-state index in [1.165, 1.54) is 0 Å². The minimum atomic E-state index is -1.79. The van der Waals surface area contributed by atoms with Crippen LogP contribution in [-0.2, 0) is 23.8 Å². The van der Waals surface area contributed by atoms with E-state index >= 15 is 0 Å². The standard InChI is InChI=1S/C14H26N2O6/c1-6-20-10(17)14(8-15,11(18)21-7-2)9-16-12(19)22-13(3,4)5/h6-9,15H2,1-5H3,(H,16,19). The van der Waals surface area contributed by atoms with Crippen molar-refractivity contribution < 1.29 is 28.6 Å². The predicted octanol–water partition coefficient (Wildman–Crippen LogP) is 0.582. The Bertz CT molecular complexity index is 385. The smallest absolute Gasteiger partial charge is 0.407 e. The second-order valence-corrected chi connectivity index (χ2v) is 5.58. The molecule has 0 saturated heterocycles. The normalized spacial score (nSPS) is 11.5. The van der Waals surface area contributed by atoms with Crippen LogP contribution in [0.5, 0.6) is 0 Å². The van der Waals surface area contributed by atoms with Crippen LogP contribution in [0.3, 0.4) is 0 Å². The van der Waals surface area contributed by atoms with Crippen LogP contribution in [0.1, 0.15) is 34.6 Å². The van der Waals surface area contributed by atoms with Crippen molar-refractivity contribution in [1.29, 1.82) is 0 Å². The summed E-state index contributed by atoms with van der Waals surface area (Å²) in [5.74, 6) is -1.68. The Morgan fingerprint density at radius 2 is 1.45 bits per heavy atom. The zero-order valence-corrected chi connectivity index (χ0v) is 13.9. The summed E-state index contributed by atoms with van der Waals surface area (Å²) in [5.41, 5.74) is 3.10. The molecule has 0 unspecified atom stereocenters. The summed E-state index contributed by atoms with van der Waals surface area (Å²) < 4.78 is 14.8. The fraction of sp³-hybridized carbons (Fsp3) is 0.786. The molecule has 0 rings (SSSR count). The lowest BCUT2D eigenvalue weighted by Gasteiger charge is -2.28. The van der Waals surface area contributed by atoms with Crippen molar-refractivity contribution >= 4 is 18.0 Å². The molecule has 8 heteroatoms. The number of hydrogen-bond donors (Lipinski definition) is 2. The maximum Gasteiger partial charge on any atom is 0.407 e. The van der Waals surface area contributed by atoms with Crippen LogP contribution >= 0.6 is 0 Å². The van der Waals surface area contributed by atoms with Gasteiger partial charge in [0.05, 0.1) is 13.2 Å². The zero-order valence-electron chi connectivity index (χ0n) is 13.9. The highest BCUT2D eigenvalue weighted by molar-refractivity contribution is 6.01. The molecule has 0 aliphatic rings. The topological polar surface area (TPSA) is 117 Å². The number of hydrogen-bond acceptors (Lipinski definition) is 7. The quantitative estimate of drug-likeness (QED) is 0.400. The van der Waals surface area contributed by atoms with Crippen LogP contribution < -0.4 is 11.1 Å². The van der Waals surface area contributed by atoms with Gasteiger partial charge in [0, 0.05) is 13.1 Å². The largest absolute Gasteiger partial charge is 0.465 e. The first-order valence-corrected chi connectivity index (χ1v) is 7.14. The van der Waals surface area contributed by atoms with Crippen LogP contribution in [-0.4, -0.2) is 49.9 Å². The van der Waals surface area contributed by atoms with Gasteiger partial charge in [-0.15, -0.1) is 0 Å². The van der Waals surface area contributed by atoms with E-state index < -0.39 is 29.0 Å². The number of rotatable bonds is 7. The molecule has 0 aromatic rings. The number of carbonyl (C=O) groups is 3. The molecule has 0 aromatic heterocycles. The third-order valence-electron chi connectivity index (χ3n) is 2.61. The van der Waals surface area contributed by atoms with Crippen molar-refractivity contribution in [3.05, 3.63) is 0 Å². The Balaban J connectivity index is 5.11. The fourth-order valence-electron chi connectivity index (χ4n) is 1.54. The minimum absolute atomic E-state index is 0.0758. The van der Waals surface area contributed by atoms with Gasteiger partial charge in [-0.05, 0) is 34.6 Å². The zero-order chi connectivity index (χ0) is 17.4. The molecule has 0 aromatic carbocycles. The van der Waals surface area contributed by atoms with E-state index in [2.05, 4.69) is 5.32 Å². The highest BCUT2D eigenvalue weighted by atomic mass is 16.6. The molecule has 0 heterocycles. The number of nitrogens with two attached hydrogens (primary N) is 1. The van der Waals surface area contributed by atoms with Crippen molar-refractivity contribution in [3.63, 3.8) is 0 Å². The van der Waals surface area contributed by atoms with Crippen molar-refractivity contribution in [1.82, 2.24) is 5.32 Å². The summed E-state index contributed by atoms with van der Waals surface area (Å²) in [7, 11) is 0. The number of ether oxygens (including phenoxy) is 3. The van der Waals surface area contributed by atoms with Crippen LogP contribution in [0.2, 0.25) is 0 Å². The Hall–Kier alpha value is -1.83. The Kier molecular flexibility index (Phi) is 7.86. The number of nitrogens with one attached hydrogen (secondary N) is 1. The molecule has 1 amide bonds. The van der Waals surface area contributed by atoms with Gasteiger partial charge in [0.2, 0.25) is 0 Å². The van der Waals surface area contributed by atoms with Crippen LogP contribution in [0, 0.1) is 5.41 Å². The van der Waals surface area contributed by atoms with Crippen LogP contribution in [0.4, 0.5) is 4.79 Å². The van der Waals surface area contributed by atoms with Crippen LogP contribution in [0.15, 0.2) is 0 Å². The summed E-state index contributed by atoms with van der Waals surface area (Å²) in [4.78, 5) is 35.9. The first-order chi connectivity index (χ1) is 10.1. The van der Waals surface area contributed by atoms with E-state index in [1.807, 2.05) is 0 Å². The lowest BCUT2D eigenvalue weighted by atomic mass is 9.88. The molecule has 0 saturated carbocycles. The molecule has 22 heavy (non-hydrogen) atoms. The first kappa shape index (κ1) is 20.2. The molecule has 8 nitrogen and oxygen atoms in total. The predicted molar refractivity (Wildman–Crippen MR) is 79.0 cm³/mol. The molecule has 128 valence electrons. The third kappa shape index (κ3) is 5.88. The molecule has 0 fully saturated rings. The third-order valence-corrected chi connectivity index (χ3v) is 2.61. The summed E-state index contributed by atoms with van der Waals surface area (Å²) >= 11 is 0. The van der Waals surface area contributed by atoms with Crippen molar-refractivity contribution in [2.75, 3.05) is 26.3 Å². The van der Waals surface area contributed by atoms with Gasteiger partial charge in [-0.1, -0.05) is 0 Å². The molecule has 0 spiro atoms. The molecular weight excluding hydrogens is 292 g/mol. The maximum absolute atomic E-state index is 12.1. The van der Waals surface area contributed by atoms with Gasteiger partial charge >= 0.3 is 18.0 Å². The van der Waals surface area contributed by atoms with Gasteiger partial charge in [0.15, 0.2) is 5.41 Å². The van der Waals surface area contributed by atoms with Crippen molar-refractivity contribution in [2.24, 2.45) is 11.1 Å². The molecule has 0 atom stereocenters. The van der Waals surface area contributed by atoms with E-state index in [-0.39, 0.29) is 26.3 Å². The molecule has 0 bridgehead atoms. The van der Waals surface area contributed by atoms with E-state index in [1.54, 1.807) is 34.6 Å². The van der Waals surface area contributed by atoms with Gasteiger partial charge in [-0.2, -0.15) is 0 Å². The maximum atomic E-state index is 12.1. The van der Waals surface area contributed by atoms with Crippen molar-refractivity contribution in [3.8, 4) is 0 Å². The monoisotopic (exact) mass is 318 g/mol. The van der Waals surface area contributed by atoms with E-state index in [9.17, 15) is 14.4 Å². The van der Waals surface area contributed by atoms with Crippen molar-refractivity contribution in [2.45, 2.75) is 40.2 Å². The lowest BCUT2D eigenvalue weighted by molar-refractivity contribution is -0.170. The van der Waals surface area contributed by atoms with Gasteiger partial charge in [0.1, 0.15) is 5.60 Å². The second kappa shape index (κ2) is 8.57. The number of carbonyl (C=O) groups excluding carboxylic acids is 3. The highest BCUT2D eigenvalue weighted by Crippen LogP contribution is 2.20. The van der Waals surface area contributed by atoms with Gasteiger partial charge in [-0.3, -0.25) is 9.59 Å². The van der Waals surface area contributed by atoms with Gasteiger partial charge in [-0.25, -0.2) is 4.79 Å². The SMILES string of the molecule is CCOC(=O)C(CN)(CNC(=O)OC(C)(C)C)C(=O)OCC. The average molecular weight is 318 g/mol. The fourth-order valence-corrected chi connectivity index (χ4v) is 1.54. The number of amides is 1. The van der Waals surface area contributed by atoms with E-state index in [4.69, 9.17) is 19.9 Å². The van der Waals surface area contributed by atoms with Crippen LogP contribution in [0.25, 0.3) is 0 Å². The van der Waals surface area contributed by atoms with Gasteiger partial charge in [0.25, 0.3) is 0 Å². The summed E-state index contributed by atoms with van der Waals surface area (Å²) in [6.07, 6.45) is -0.765. The summed E-state index contributed by atoms with van der Waals surface area (Å²) in [6, 6.07) is 0. The molecule has 0 radical (unpaired) electrons. The van der Waals surface area contributed by atoms with Gasteiger partial charge < -0.3 is 25.3 Å². The Labute approximate surface area is 130 Å². The highest BCUT2D eigenvalue weighted by Gasteiger charge is 2.48. The molecule has 3 N–H and O–H groups in total. The summed E-state index contributed by atoms with van der Waals surface area (Å²) in [6.45, 7) is 7.71.